The Bertz CT molecular complexity index is 1310. The van der Waals surface area contributed by atoms with Gasteiger partial charge in [-0.1, -0.05) is 52.9 Å². The van der Waals surface area contributed by atoms with E-state index in [0.29, 0.717) is 12.0 Å². The average Bonchev–Trinajstić information content (AvgIpc) is 3.27. The fourth-order valence-corrected chi connectivity index (χ4v) is 9.20. The number of hydrogen-bond acceptors (Lipinski definition) is 6. The molecule has 39 heavy (non-hydrogen) atoms. The standard InChI is InChI=1S/C28H29BrCl2N2O6/c1-39-19-9-5-8-18(34)21(19)22-15-10-11-16-20(24(36)33(23(16)35)14-6-3-2-4-7-14)17(15)12-27(30)25(37)32(13-29)26(38)28(22,27)31/h5,8-10,14,16-17,20,22,34H,2-4,6-7,11-13H2,1H3. The number of likely N-dealkylation sites (tertiary alicyclic amines) is 2. The Morgan fingerprint density at radius 3 is 2.44 bits per heavy atom. The topological polar surface area (TPSA) is 104 Å². The fraction of sp³-hybridized carbons (Fsp3) is 0.571. The molecule has 11 heteroatoms. The highest BCUT2D eigenvalue weighted by molar-refractivity contribution is 9.09. The lowest BCUT2D eigenvalue weighted by molar-refractivity contribution is -0.144. The van der Waals surface area contributed by atoms with Crippen LogP contribution in [0.4, 0.5) is 0 Å². The van der Waals surface area contributed by atoms with Crippen LogP contribution in [0.1, 0.15) is 56.4 Å². The maximum atomic E-state index is 14.0. The number of amides is 4. The van der Waals surface area contributed by atoms with Crippen LogP contribution >= 0.6 is 39.1 Å². The number of allylic oxidation sites excluding steroid dienone is 2. The molecule has 6 rings (SSSR count). The molecule has 3 aliphatic carbocycles. The summed E-state index contributed by atoms with van der Waals surface area (Å²) in [7, 11) is 1.44. The van der Waals surface area contributed by atoms with Crippen LogP contribution in [-0.2, 0) is 19.2 Å². The van der Waals surface area contributed by atoms with Crippen molar-refractivity contribution in [1.82, 2.24) is 9.80 Å². The lowest BCUT2D eigenvalue weighted by Gasteiger charge is -2.51. The molecule has 0 spiro atoms. The van der Waals surface area contributed by atoms with Gasteiger partial charge in [0.1, 0.15) is 11.5 Å². The van der Waals surface area contributed by atoms with Crippen LogP contribution in [0.25, 0.3) is 0 Å². The van der Waals surface area contributed by atoms with Gasteiger partial charge in [-0.15, -0.1) is 23.2 Å². The summed E-state index contributed by atoms with van der Waals surface area (Å²) < 4.78 is 5.58. The molecule has 2 saturated heterocycles. The number of imide groups is 2. The van der Waals surface area contributed by atoms with Crippen molar-refractivity contribution >= 4 is 62.8 Å². The molecule has 6 unspecified atom stereocenters. The van der Waals surface area contributed by atoms with Gasteiger partial charge in [0.15, 0.2) is 9.75 Å². The summed E-state index contributed by atoms with van der Waals surface area (Å²) in [6.07, 6.45) is 6.69. The third-order valence-electron chi connectivity index (χ3n) is 9.54. The van der Waals surface area contributed by atoms with Crippen LogP contribution in [0.2, 0.25) is 0 Å². The van der Waals surface area contributed by atoms with Crippen LogP contribution in [-0.4, -0.2) is 66.9 Å². The Morgan fingerprint density at radius 2 is 1.77 bits per heavy atom. The molecule has 2 heterocycles. The first-order valence-corrected chi connectivity index (χ1v) is 15.2. The molecule has 6 atom stereocenters. The second-order valence-corrected chi connectivity index (χ2v) is 13.0. The molecule has 2 aliphatic heterocycles. The zero-order valence-electron chi connectivity index (χ0n) is 21.4. The van der Waals surface area contributed by atoms with Gasteiger partial charge in [0, 0.05) is 17.5 Å². The number of hydrogen-bond donors (Lipinski definition) is 1. The first-order valence-electron chi connectivity index (χ1n) is 13.3. The van der Waals surface area contributed by atoms with Crippen LogP contribution in [0.15, 0.2) is 29.8 Å². The first kappa shape index (κ1) is 27.1. The average molecular weight is 640 g/mol. The second kappa shape index (κ2) is 9.48. The minimum absolute atomic E-state index is 0.0803. The number of alkyl halides is 3. The lowest BCUT2D eigenvalue weighted by atomic mass is 9.56. The molecule has 4 fully saturated rings. The maximum Gasteiger partial charge on any atom is 0.254 e. The number of phenolic OH excluding ortho intramolecular Hbond substituents is 1. The maximum absolute atomic E-state index is 14.0. The van der Waals surface area contributed by atoms with Crippen LogP contribution in [0, 0.1) is 17.8 Å². The van der Waals surface area contributed by atoms with Gasteiger partial charge in [-0.05, 0) is 43.7 Å². The summed E-state index contributed by atoms with van der Waals surface area (Å²) in [6, 6.07) is 4.58. The number of halogens is 3. The highest BCUT2D eigenvalue weighted by atomic mass is 79.9. The highest BCUT2D eigenvalue weighted by Crippen LogP contribution is 2.67. The normalized spacial score (nSPS) is 36.6. The van der Waals surface area contributed by atoms with Crippen molar-refractivity contribution in [1.29, 1.82) is 0 Å². The molecule has 0 bridgehead atoms. The minimum Gasteiger partial charge on any atom is -0.508 e. The number of rotatable bonds is 4. The van der Waals surface area contributed by atoms with Crippen LogP contribution in [0.5, 0.6) is 11.5 Å². The molecule has 0 aromatic heterocycles. The van der Waals surface area contributed by atoms with Gasteiger partial charge in [0.2, 0.25) is 11.8 Å². The predicted octanol–water partition coefficient (Wildman–Crippen LogP) is 4.44. The number of carbonyl (C=O) groups is 4. The molecule has 0 radical (unpaired) electrons. The van der Waals surface area contributed by atoms with Gasteiger partial charge in [-0.25, -0.2) is 0 Å². The predicted molar refractivity (Wildman–Crippen MR) is 147 cm³/mol. The van der Waals surface area contributed by atoms with Crippen LogP contribution < -0.4 is 4.74 Å². The molecule has 208 valence electrons. The first-order chi connectivity index (χ1) is 18.6. The molecule has 5 aliphatic rings. The zero-order valence-corrected chi connectivity index (χ0v) is 24.5. The minimum atomic E-state index is -1.99. The third kappa shape index (κ3) is 3.48. The molecular weight excluding hydrogens is 611 g/mol. The molecular formula is C28H29BrCl2N2O6. The molecule has 1 aromatic carbocycles. The lowest BCUT2D eigenvalue weighted by Crippen LogP contribution is -2.60. The van der Waals surface area contributed by atoms with E-state index in [1.807, 2.05) is 6.08 Å². The number of aromatic hydroxyl groups is 1. The van der Waals surface area contributed by atoms with Gasteiger partial charge in [0.05, 0.1) is 24.4 Å². The van der Waals surface area contributed by atoms with Gasteiger partial charge in [-0.2, -0.15) is 0 Å². The summed E-state index contributed by atoms with van der Waals surface area (Å²) in [5.74, 6) is -4.65. The molecule has 8 nitrogen and oxygen atoms in total. The van der Waals surface area contributed by atoms with Gasteiger partial charge in [0.25, 0.3) is 11.8 Å². The van der Waals surface area contributed by atoms with E-state index >= 15 is 0 Å². The zero-order chi connectivity index (χ0) is 27.9. The monoisotopic (exact) mass is 638 g/mol. The number of benzene rings is 1. The van der Waals surface area contributed by atoms with E-state index in [2.05, 4.69) is 15.9 Å². The fourth-order valence-electron chi connectivity index (χ4n) is 7.79. The molecule has 1 aromatic rings. The van der Waals surface area contributed by atoms with Gasteiger partial charge in [-0.3, -0.25) is 29.0 Å². The Kier molecular flexibility index (Phi) is 6.59. The Labute approximate surface area is 244 Å². The summed E-state index contributed by atoms with van der Waals surface area (Å²) in [5, 5.41) is 11.1. The Morgan fingerprint density at radius 1 is 1.05 bits per heavy atom. The number of phenols is 1. The van der Waals surface area contributed by atoms with E-state index in [-0.39, 0.29) is 46.8 Å². The second-order valence-electron chi connectivity index (χ2n) is 11.2. The van der Waals surface area contributed by atoms with E-state index in [1.165, 1.54) is 18.1 Å². The number of ether oxygens (including phenoxy) is 1. The van der Waals surface area contributed by atoms with E-state index in [9.17, 15) is 24.3 Å². The molecule has 1 N–H and O–H groups in total. The van der Waals surface area contributed by atoms with E-state index in [1.54, 1.807) is 12.1 Å². The summed E-state index contributed by atoms with van der Waals surface area (Å²) in [6.45, 7) is 0. The Balaban J connectivity index is 1.53. The van der Waals surface area contributed by atoms with Crippen molar-refractivity contribution in [3.63, 3.8) is 0 Å². The summed E-state index contributed by atoms with van der Waals surface area (Å²) >= 11 is 17.7. The highest BCUT2D eigenvalue weighted by Gasteiger charge is 2.76. The quantitative estimate of drug-likeness (QED) is 0.226. The number of fused-ring (bicyclic) bond motifs is 4. The smallest absolute Gasteiger partial charge is 0.254 e. The largest absolute Gasteiger partial charge is 0.508 e. The van der Waals surface area contributed by atoms with Crippen molar-refractivity contribution in [2.24, 2.45) is 17.8 Å². The van der Waals surface area contributed by atoms with Gasteiger partial charge >= 0.3 is 0 Å². The van der Waals surface area contributed by atoms with Crippen molar-refractivity contribution in [3.8, 4) is 11.5 Å². The van der Waals surface area contributed by atoms with E-state index < -0.39 is 45.2 Å². The number of nitrogens with zero attached hydrogens (tertiary/aromatic N) is 2. The van der Waals surface area contributed by atoms with E-state index in [4.69, 9.17) is 27.9 Å². The summed E-state index contributed by atoms with van der Waals surface area (Å²) in [5.41, 5.74) is 0.750. The van der Waals surface area contributed by atoms with Crippen molar-refractivity contribution in [2.75, 3.05) is 12.6 Å². The molecule has 2 saturated carbocycles. The van der Waals surface area contributed by atoms with Crippen LogP contribution in [0.3, 0.4) is 0 Å². The summed E-state index contributed by atoms with van der Waals surface area (Å²) in [4.78, 5) is 53.8. The van der Waals surface area contributed by atoms with Crippen molar-refractivity contribution in [3.05, 3.63) is 35.4 Å². The third-order valence-corrected chi connectivity index (χ3v) is 11.5. The molecule has 4 amide bonds. The number of methoxy groups -OCH3 is 1. The van der Waals surface area contributed by atoms with Crippen molar-refractivity contribution < 1.29 is 29.0 Å². The SMILES string of the molecule is COc1cccc(O)c1C1C2=CCC3C(=O)N(C4CCCCC4)C(=O)C3C2CC2(Cl)C(=O)N(CBr)C(=O)C12Cl. The van der Waals surface area contributed by atoms with Gasteiger partial charge < -0.3 is 9.84 Å². The Hall–Kier alpha value is -2.10. The van der Waals surface area contributed by atoms with E-state index in [0.717, 1.165) is 37.0 Å². The van der Waals surface area contributed by atoms with Crippen molar-refractivity contribution in [2.45, 2.75) is 66.7 Å². The number of carbonyl (C=O) groups excluding carboxylic acids is 4.